The van der Waals surface area contributed by atoms with Crippen LogP contribution < -0.4 is 20.1 Å². The van der Waals surface area contributed by atoms with E-state index in [1.807, 2.05) is 39.0 Å². The van der Waals surface area contributed by atoms with Gasteiger partial charge in [-0.25, -0.2) is 0 Å². The number of amides is 1. The summed E-state index contributed by atoms with van der Waals surface area (Å²) in [6.07, 6.45) is 8.68. The van der Waals surface area contributed by atoms with Crippen LogP contribution in [0.4, 0.5) is 21.6 Å². The third-order valence-corrected chi connectivity index (χ3v) is 6.95. The molecule has 0 radical (unpaired) electrons. The smallest absolute Gasteiger partial charge is 0.247 e. The number of hydrogen-bond acceptors (Lipinski definition) is 10. The van der Waals surface area contributed by atoms with Gasteiger partial charge in [-0.05, 0) is 86.9 Å². The maximum absolute atomic E-state index is 12.0. The molecule has 4 aromatic rings. The summed E-state index contributed by atoms with van der Waals surface area (Å²) in [6.45, 7) is 12.7. The van der Waals surface area contributed by atoms with Crippen LogP contribution in [0.2, 0.25) is 5.02 Å². The molecule has 0 atom stereocenters. The Labute approximate surface area is 291 Å². The Kier molecular flexibility index (Phi) is 18.4. The molecule has 3 heterocycles. The summed E-state index contributed by atoms with van der Waals surface area (Å²) in [4.78, 5) is 23.0. The molecule has 0 spiro atoms. The minimum atomic E-state index is -0.387. The number of fused-ring (bicyclic) bond motifs is 1. The summed E-state index contributed by atoms with van der Waals surface area (Å²) >= 11 is 7.16. The van der Waals surface area contributed by atoms with Crippen molar-refractivity contribution in [2.75, 3.05) is 43.6 Å². The number of ether oxygens (including phenoxy) is 2. The van der Waals surface area contributed by atoms with Gasteiger partial charge < -0.3 is 25.0 Å². The topological polar surface area (TPSA) is 122 Å². The van der Waals surface area contributed by atoms with E-state index in [4.69, 9.17) is 21.1 Å². The Bertz CT molecular complexity index is 1630. The van der Waals surface area contributed by atoms with Crippen LogP contribution in [-0.2, 0) is 15.8 Å². The lowest BCUT2D eigenvalue weighted by Crippen LogP contribution is -2.10. The van der Waals surface area contributed by atoms with Crippen LogP contribution in [0.5, 0.6) is 11.5 Å². The first kappa shape index (κ1) is 39.8. The molecule has 1 aliphatic rings. The van der Waals surface area contributed by atoms with Crippen LogP contribution >= 0.6 is 23.6 Å². The SMILES string of the molecule is C=CC(=O)Nc1cc2c(Nc3ccc(OCc4ccccn4)c(Cl)c3)c(C#N)cnc2cc1OCC.CC.CN1CCCC1.CSOF. The maximum atomic E-state index is 12.0. The summed E-state index contributed by atoms with van der Waals surface area (Å²) < 4.78 is 24.6. The highest BCUT2D eigenvalue weighted by Gasteiger charge is 2.16. The van der Waals surface area contributed by atoms with E-state index in [-0.39, 0.29) is 12.5 Å². The van der Waals surface area contributed by atoms with Gasteiger partial charge in [0.15, 0.2) is 0 Å². The standard InChI is InChI=1S/C27H22ClN5O3.C5H11N.C2H6.CH3FOS/c1-3-26(34)33-23-12-20-22(13-25(23)35-4-2)31-15-17(14-29)27(20)32-18-8-9-24(21(28)11-18)36-16-19-7-5-6-10-30-19;1-6-4-2-3-5-6;1-2;1-4-3-2/h3,5-13,15H,1,4,16H2,2H3,(H,31,32)(H,33,34);2-5H2,1H3;1-2H3;1H3. The fraction of sp³-hybridized carbons (Fsp3) is 0.314. The third kappa shape index (κ3) is 12.7. The molecule has 1 aliphatic heterocycles. The predicted octanol–water partition coefficient (Wildman–Crippen LogP) is 8.90. The second kappa shape index (κ2) is 22.2. The number of anilines is 3. The number of halogens is 2. The van der Waals surface area contributed by atoms with Crippen molar-refractivity contribution < 1.29 is 23.2 Å². The van der Waals surface area contributed by atoms with Gasteiger partial charge in [-0.1, -0.05) is 38.1 Å². The first-order valence-corrected chi connectivity index (χ1v) is 16.9. The molecule has 0 aliphatic carbocycles. The Morgan fingerprint density at radius 3 is 2.42 bits per heavy atom. The van der Waals surface area contributed by atoms with Gasteiger partial charge in [-0.15, -0.1) is 4.39 Å². The van der Waals surface area contributed by atoms with Gasteiger partial charge in [0.05, 0.1) is 39.8 Å². The molecule has 0 unspecified atom stereocenters. The quantitative estimate of drug-likeness (QED) is 0.123. The highest BCUT2D eigenvalue weighted by Crippen LogP contribution is 2.37. The minimum absolute atomic E-state index is 0.280. The molecule has 2 N–H and O–H groups in total. The molecule has 10 nitrogen and oxygen atoms in total. The van der Waals surface area contributed by atoms with E-state index in [2.05, 4.69) is 49.6 Å². The van der Waals surface area contributed by atoms with E-state index in [1.54, 1.807) is 36.5 Å². The predicted molar refractivity (Wildman–Crippen MR) is 194 cm³/mol. The van der Waals surface area contributed by atoms with Gasteiger partial charge in [0, 0.05) is 47.8 Å². The number of aromatic nitrogens is 2. The zero-order valence-corrected chi connectivity index (χ0v) is 29.5. The number of pyridine rings is 2. The molecule has 1 fully saturated rings. The van der Waals surface area contributed by atoms with Crippen molar-refractivity contribution in [3.63, 3.8) is 0 Å². The van der Waals surface area contributed by atoms with E-state index in [0.29, 0.717) is 68.7 Å². The van der Waals surface area contributed by atoms with Gasteiger partial charge in [0.2, 0.25) is 5.91 Å². The molecule has 2 aromatic heterocycles. The first-order valence-electron chi connectivity index (χ1n) is 15.4. The molecular formula is C35H42ClFN6O4S. The number of nitriles is 1. The molecule has 48 heavy (non-hydrogen) atoms. The van der Waals surface area contributed by atoms with Crippen molar-refractivity contribution in [3.8, 4) is 17.6 Å². The monoisotopic (exact) mass is 696 g/mol. The number of carbonyl (C=O) groups excluding carboxylic acids is 1. The zero-order valence-electron chi connectivity index (χ0n) is 27.9. The summed E-state index contributed by atoms with van der Waals surface area (Å²) in [5.74, 6) is 0.576. The molecule has 1 amide bonds. The van der Waals surface area contributed by atoms with Crippen molar-refractivity contribution in [1.82, 2.24) is 14.9 Å². The summed E-state index contributed by atoms with van der Waals surface area (Å²) in [5, 5.41) is 16.8. The number of nitrogens with zero attached hydrogens (tertiary/aromatic N) is 4. The van der Waals surface area contributed by atoms with E-state index in [0.717, 1.165) is 5.69 Å². The van der Waals surface area contributed by atoms with Crippen LogP contribution in [-0.4, -0.2) is 53.8 Å². The van der Waals surface area contributed by atoms with Crippen LogP contribution in [0.25, 0.3) is 10.9 Å². The van der Waals surface area contributed by atoms with Gasteiger partial charge in [0.1, 0.15) is 24.2 Å². The van der Waals surface area contributed by atoms with Crippen LogP contribution in [0.1, 0.15) is 44.9 Å². The van der Waals surface area contributed by atoms with Crippen molar-refractivity contribution in [3.05, 3.63) is 89.9 Å². The second-order valence-electron chi connectivity index (χ2n) is 9.77. The van der Waals surface area contributed by atoms with Gasteiger partial charge in [-0.2, -0.15) is 5.26 Å². The highest BCUT2D eigenvalue weighted by atomic mass is 35.5. The number of rotatable bonds is 10. The third-order valence-electron chi connectivity index (χ3n) is 6.53. The highest BCUT2D eigenvalue weighted by molar-refractivity contribution is 7.93. The largest absolute Gasteiger partial charge is 0.492 e. The lowest BCUT2D eigenvalue weighted by molar-refractivity contribution is -0.111. The Morgan fingerprint density at radius 2 is 1.88 bits per heavy atom. The van der Waals surface area contributed by atoms with Gasteiger partial charge in [-0.3, -0.25) is 14.8 Å². The molecule has 256 valence electrons. The van der Waals surface area contributed by atoms with Crippen molar-refractivity contribution in [1.29, 1.82) is 5.26 Å². The lowest BCUT2D eigenvalue weighted by atomic mass is 10.1. The summed E-state index contributed by atoms with van der Waals surface area (Å²) in [6, 6.07) is 16.4. The molecule has 1 saturated heterocycles. The van der Waals surface area contributed by atoms with Crippen molar-refractivity contribution in [2.24, 2.45) is 0 Å². The number of benzene rings is 2. The van der Waals surface area contributed by atoms with Crippen molar-refractivity contribution in [2.45, 2.75) is 40.2 Å². The van der Waals surface area contributed by atoms with E-state index in [1.165, 1.54) is 44.5 Å². The summed E-state index contributed by atoms with van der Waals surface area (Å²) in [5.41, 5.74) is 3.27. The minimum Gasteiger partial charge on any atom is -0.492 e. The molecule has 0 saturated carbocycles. The van der Waals surface area contributed by atoms with E-state index in [9.17, 15) is 14.6 Å². The van der Waals surface area contributed by atoms with Crippen LogP contribution in [0.3, 0.4) is 0 Å². The van der Waals surface area contributed by atoms with Crippen LogP contribution in [0.15, 0.2) is 73.6 Å². The molecular weight excluding hydrogens is 655 g/mol. The lowest BCUT2D eigenvalue weighted by Gasteiger charge is -2.16. The number of carbonyl (C=O) groups is 1. The number of nitrogens with one attached hydrogen (secondary N) is 2. The maximum Gasteiger partial charge on any atom is 0.247 e. The molecule has 0 bridgehead atoms. The first-order chi connectivity index (χ1) is 23.3. The second-order valence-corrected chi connectivity index (χ2v) is 10.6. The van der Waals surface area contributed by atoms with E-state index < -0.39 is 0 Å². The average molecular weight is 697 g/mol. The van der Waals surface area contributed by atoms with Gasteiger partial charge in [0.25, 0.3) is 0 Å². The Morgan fingerprint density at radius 1 is 1.15 bits per heavy atom. The number of likely N-dealkylation sites (tertiary alicyclic amines) is 1. The van der Waals surface area contributed by atoms with Crippen LogP contribution in [0, 0.1) is 11.3 Å². The van der Waals surface area contributed by atoms with Gasteiger partial charge >= 0.3 is 0 Å². The fourth-order valence-corrected chi connectivity index (χ4v) is 4.58. The summed E-state index contributed by atoms with van der Waals surface area (Å²) in [7, 11) is 2.17. The normalized spacial score (nSPS) is 11.7. The number of hydrogen-bond donors (Lipinski definition) is 2. The fourth-order valence-electron chi connectivity index (χ4n) is 4.35. The molecule has 13 heteroatoms. The zero-order chi connectivity index (χ0) is 35.3. The Balaban J connectivity index is 0.000000569. The molecule has 2 aromatic carbocycles. The Hall–Kier alpha value is -4.41. The molecule has 5 rings (SSSR count). The van der Waals surface area contributed by atoms with E-state index >= 15 is 0 Å². The average Bonchev–Trinajstić information content (AvgIpc) is 3.61. The van der Waals surface area contributed by atoms with Crippen molar-refractivity contribution >= 4 is 57.5 Å².